The highest BCUT2D eigenvalue weighted by Gasteiger charge is 2.42. The van der Waals surface area contributed by atoms with Gasteiger partial charge in [-0.15, -0.1) is 0 Å². The van der Waals surface area contributed by atoms with Crippen molar-refractivity contribution < 1.29 is 18.2 Å². The minimum atomic E-state index is -3.32. The Labute approximate surface area is 364 Å². The van der Waals surface area contributed by atoms with Crippen LogP contribution in [-0.2, 0) is 18.2 Å². The molecule has 4 aromatic rings. The zero-order valence-electron chi connectivity index (χ0n) is 38.9. The molecule has 2 saturated carbocycles. The van der Waals surface area contributed by atoms with Crippen molar-refractivity contribution in [3.63, 3.8) is 0 Å². The molecule has 0 aromatic heterocycles. The lowest BCUT2D eigenvalue weighted by atomic mass is 9.75. The maximum Gasteiger partial charge on any atom is 0.261 e. The van der Waals surface area contributed by atoms with E-state index in [9.17, 15) is 9.13 Å². The van der Waals surface area contributed by atoms with Gasteiger partial charge in [0.05, 0.1) is 12.2 Å². The second-order valence-corrected chi connectivity index (χ2v) is 23.9. The van der Waals surface area contributed by atoms with Crippen LogP contribution in [0.4, 0.5) is 0 Å². The standard InChI is InChI=1S/2C27H37O2P/c2*1-18(2)25-14-13-19(3)17-26(25)29-30(28,24-11-9-8-10-12-24)23(7)27-21(5)15-20(4)16-22(27)6/h2*8-12,15-16,18-19,25-26H,7,13-14,17H2,1-6H3/t2*19-,25+,26-,30-/m11/s1. The quantitative estimate of drug-likeness (QED) is 0.133. The Morgan fingerprint density at radius 2 is 0.833 bits per heavy atom. The maximum absolute atomic E-state index is 14.7. The van der Waals surface area contributed by atoms with Crippen LogP contribution in [0, 0.1) is 77.0 Å². The fourth-order valence-electron chi connectivity index (χ4n) is 10.2. The van der Waals surface area contributed by atoms with Gasteiger partial charge in [-0.2, -0.15) is 0 Å². The lowest BCUT2D eigenvalue weighted by molar-refractivity contribution is 0.0512. The Balaban J connectivity index is 0.000000228. The minimum Gasteiger partial charge on any atom is -0.318 e. The molecular weight excluding hydrogens is 775 g/mol. The largest absolute Gasteiger partial charge is 0.318 e. The third kappa shape index (κ3) is 10.8. The van der Waals surface area contributed by atoms with E-state index in [0.717, 1.165) is 69.7 Å². The van der Waals surface area contributed by atoms with Crippen molar-refractivity contribution in [2.75, 3.05) is 0 Å². The summed E-state index contributed by atoms with van der Waals surface area (Å²) >= 11 is 0. The molecule has 60 heavy (non-hydrogen) atoms. The Hall–Kier alpha value is -3.26. The molecule has 0 amide bonds. The number of benzene rings is 4. The van der Waals surface area contributed by atoms with Crippen LogP contribution in [0.3, 0.4) is 0 Å². The van der Waals surface area contributed by atoms with Crippen molar-refractivity contribution in [1.82, 2.24) is 0 Å². The van der Waals surface area contributed by atoms with Crippen LogP contribution in [0.1, 0.15) is 125 Å². The smallest absolute Gasteiger partial charge is 0.261 e. The molecule has 0 radical (unpaired) electrons. The van der Waals surface area contributed by atoms with E-state index in [1.54, 1.807) is 0 Å². The average Bonchev–Trinajstić information content (AvgIpc) is 3.17. The van der Waals surface area contributed by atoms with Crippen LogP contribution in [0.2, 0.25) is 0 Å². The predicted octanol–water partition coefficient (Wildman–Crippen LogP) is 15.3. The van der Waals surface area contributed by atoms with Gasteiger partial charge in [-0.05, 0) is 160 Å². The summed E-state index contributed by atoms with van der Waals surface area (Å²) in [5, 5.41) is 2.75. The zero-order chi connectivity index (χ0) is 44.1. The van der Waals surface area contributed by atoms with Crippen LogP contribution in [0.5, 0.6) is 0 Å². The van der Waals surface area contributed by atoms with Gasteiger partial charge in [-0.3, -0.25) is 9.13 Å². The minimum absolute atomic E-state index is 0.0115. The summed E-state index contributed by atoms with van der Waals surface area (Å²) in [6.07, 6.45) is 6.59. The van der Waals surface area contributed by atoms with Gasteiger partial charge in [-0.25, -0.2) is 0 Å². The van der Waals surface area contributed by atoms with Crippen molar-refractivity contribution in [1.29, 1.82) is 0 Å². The van der Waals surface area contributed by atoms with Crippen molar-refractivity contribution in [2.45, 2.75) is 134 Å². The summed E-state index contributed by atoms with van der Waals surface area (Å²) in [6, 6.07) is 28.0. The maximum atomic E-state index is 14.7. The van der Waals surface area contributed by atoms with Crippen molar-refractivity contribution in [2.24, 2.45) is 35.5 Å². The van der Waals surface area contributed by atoms with Crippen LogP contribution >= 0.6 is 14.7 Å². The molecule has 0 bridgehead atoms. The molecule has 0 N–H and O–H groups in total. The van der Waals surface area contributed by atoms with E-state index in [1.165, 1.54) is 24.0 Å². The summed E-state index contributed by atoms with van der Waals surface area (Å²) in [4.78, 5) is 0. The predicted molar refractivity (Wildman–Crippen MR) is 259 cm³/mol. The first-order valence-electron chi connectivity index (χ1n) is 22.5. The van der Waals surface area contributed by atoms with E-state index in [4.69, 9.17) is 9.05 Å². The number of hydrogen-bond acceptors (Lipinski definition) is 4. The average molecular weight is 849 g/mol. The molecule has 4 nitrogen and oxygen atoms in total. The first-order chi connectivity index (χ1) is 28.3. The summed E-state index contributed by atoms with van der Waals surface area (Å²) < 4.78 is 42.9. The van der Waals surface area contributed by atoms with Crippen LogP contribution in [0.25, 0.3) is 10.6 Å². The second kappa shape index (κ2) is 20.3. The van der Waals surface area contributed by atoms with Crippen LogP contribution in [0.15, 0.2) is 98.1 Å². The fraction of sp³-hybridized carbons (Fsp3) is 0.481. The van der Waals surface area contributed by atoms with Gasteiger partial charge >= 0.3 is 0 Å². The summed E-state index contributed by atoms with van der Waals surface area (Å²) in [7, 11) is -6.64. The zero-order valence-corrected chi connectivity index (χ0v) is 40.7. The molecule has 0 aliphatic heterocycles. The molecule has 6 heteroatoms. The molecule has 2 aliphatic rings. The van der Waals surface area contributed by atoms with Gasteiger partial charge in [0, 0.05) is 21.2 Å². The lowest BCUT2D eigenvalue weighted by Gasteiger charge is -2.39. The molecule has 0 heterocycles. The molecule has 324 valence electrons. The van der Waals surface area contributed by atoms with Gasteiger partial charge < -0.3 is 9.05 Å². The fourth-order valence-corrected chi connectivity index (χ4v) is 15.0. The molecule has 2 aliphatic carbocycles. The Kier molecular flexibility index (Phi) is 16.2. The van der Waals surface area contributed by atoms with E-state index in [1.807, 2.05) is 60.7 Å². The number of rotatable bonds is 12. The molecule has 4 aromatic carbocycles. The van der Waals surface area contributed by atoms with E-state index in [0.29, 0.717) is 46.1 Å². The summed E-state index contributed by atoms with van der Waals surface area (Å²) in [5.74, 6) is 3.03. The van der Waals surface area contributed by atoms with E-state index in [2.05, 4.69) is 121 Å². The van der Waals surface area contributed by atoms with Gasteiger partial charge in [0.1, 0.15) is 0 Å². The van der Waals surface area contributed by atoms with Gasteiger partial charge in [-0.1, -0.05) is 139 Å². The molecule has 0 saturated heterocycles. The van der Waals surface area contributed by atoms with Gasteiger partial charge in [0.25, 0.3) is 14.7 Å². The highest BCUT2D eigenvalue weighted by atomic mass is 31.2. The first kappa shape index (κ1) is 47.8. The van der Waals surface area contributed by atoms with Crippen molar-refractivity contribution in [3.8, 4) is 0 Å². The molecule has 0 spiro atoms. The van der Waals surface area contributed by atoms with Gasteiger partial charge in [0.15, 0.2) is 0 Å². The Morgan fingerprint density at radius 3 is 1.12 bits per heavy atom. The van der Waals surface area contributed by atoms with Gasteiger partial charge in [0.2, 0.25) is 0 Å². The third-order valence-electron chi connectivity index (χ3n) is 13.3. The summed E-state index contributed by atoms with van der Waals surface area (Å²) in [5.41, 5.74) is 8.81. The Morgan fingerprint density at radius 1 is 0.533 bits per heavy atom. The monoisotopic (exact) mass is 849 g/mol. The normalized spacial score (nSPS) is 23.9. The van der Waals surface area contributed by atoms with Crippen molar-refractivity contribution >= 4 is 36.0 Å². The number of aryl methyl sites for hydroxylation is 6. The topological polar surface area (TPSA) is 52.6 Å². The second-order valence-electron chi connectivity index (χ2n) is 19.2. The molecule has 0 unspecified atom stereocenters. The highest BCUT2D eigenvalue weighted by molar-refractivity contribution is 7.77. The Bertz CT molecular complexity index is 2000. The van der Waals surface area contributed by atoms with E-state index >= 15 is 0 Å². The summed E-state index contributed by atoms with van der Waals surface area (Å²) in [6.45, 7) is 34.9. The molecule has 6 rings (SSSR count). The highest BCUT2D eigenvalue weighted by Crippen LogP contribution is 2.62. The lowest BCUT2D eigenvalue weighted by Crippen LogP contribution is -2.34. The van der Waals surface area contributed by atoms with Crippen LogP contribution in [-0.4, -0.2) is 12.2 Å². The molecule has 8 atom stereocenters. The number of hydrogen-bond donors (Lipinski definition) is 0. The molecule has 2 fully saturated rings. The van der Waals surface area contributed by atoms with Crippen molar-refractivity contribution in [3.05, 3.63) is 143 Å². The molecular formula is C54H74O4P2. The first-order valence-corrected chi connectivity index (χ1v) is 25.7. The van der Waals surface area contributed by atoms with E-state index in [-0.39, 0.29) is 12.2 Å². The van der Waals surface area contributed by atoms with E-state index < -0.39 is 14.7 Å². The SMILES string of the molecule is C=C(c1c(C)cc(C)cc1C)[P@@](=O)(O[C@@H]1C[C@H](C)CC[C@H]1C(C)C)c1ccccc1.C=C(c1c(C)cc(C)cc1C)[P@@](=O)(O[C@@H]1C[C@H](C)CC[C@H]1C(C)C)c1ccccc1. The van der Waals surface area contributed by atoms with Crippen LogP contribution < -0.4 is 10.6 Å². The third-order valence-corrected chi connectivity index (χ3v) is 18.3.